The molecule has 1 radical (unpaired) electrons. The van der Waals surface area contributed by atoms with Crippen molar-refractivity contribution in [3.63, 3.8) is 0 Å². The fourth-order valence-electron chi connectivity index (χ4n) is 10.5. The lowest BCUT2D eigenvalue weighted by Gasteiger charge is -2.35. The van der Waals surface area contributed by atoms with Crippen molar-refractivity contribution in [2.75, 3.05) is 18.1 Å². The van der Waals surface area contributed by atoms with Crippen LogP contribution in [0.2, 0.25) is 6.32 Å². The first kappa shape index (κ1) is 42.5. The molecule has 1 aromatic rings. The van der Waals surface area contributed by atoms with Crippen molar-refractivity contribution >= 4 is 53.3 Å². The third kappa shape index (κ3) is 8.25. The number of nitrogens with one attached hydrogen (secondary N) is 1. The Morgan fingerprint density at radius 1 is 0.811 bits per heavy atom. The molecule has 0 spiro atoms. The fourth-order valence-corrected chi connectivity index (χ4v) is 13.5. The van der Waals surface area contributed by atoms with Crippen LogP contribution in [0.4, 0.5) is 0 Å². The highest BCUT2D eigenvalue weighted by Crippen LogP contribution is 2.68. The molecule has 1 aromatic carbocycles. The summed E-state index contributed by atoms with van der Waals surface area (Å²) in [5.74, 6) is 2.01. The van der Waals surface area contributed by atoms with Gasteiger partial charge >= 0.3 is 7.48 Å². The number of carbonyl (C=O) groups is 2. The quantitative estimate of drug-likeness (QED) is 0.0580. The molecule has 6 atom stereocenters. The smallest absolute Gasteiger partial charge is 0.313 e. The summed E-state index contributed by atoms with van der Waals surface area (Å²) in [7, 11) is -1.68. The minimum atomic E-state index is -3.63. The Morgan fingerprint density at radius 2 is 1.30 bits per heavy atom. The first-order valence-corrected chi connectivity index (χ1v) is 23.4. The highest BCUT2D eigenvalue weighted by atomic mass is 32.2. The number of rotatable bonds is 21. The summed E-state index contributed by atoms with van der Waals surface area (Å²) in [5, 5.41) is 0. The highest BCUT2D eigenvalue weighted by molar-refractivity contribution is 7.95. The van der Waals surface area contributed by atoms with Crippen LogP contribution in [0.3, 0.4) is 0 Å². The van der Waals surface area contributed by atoms with E-state index in [-0.39, 0.29) is 34.6 Å². The molecule has 6 unspecified atom stereocenters. The van der Waals surface area contributed by atoms with Crippen LogP contribution in [0.15, 0.2) is 35.4 Å². The third-order valence-corrected chi connectivity index (χ3v) is 17.0. The van der Waals surface area contributed by atoms with Crippen molar-refractivity contribution in [2.24, 2.45) is 45.3 Å². The van der Waals surface area contributed by atoms with Gasteiger partial charge in [0.25, 0.3) is 0 Å². The van der Waals surface area contributed by atoms with Gasteiger partial charge in [0.15, 0.2) is 11.6 Å². The summed E-state index contributed by atoms with van der Waals surface area (Å²) in [6, 6.07) is 8.15. The van der Waals surface area contributed by atoms with Gasteiger partial charge in [-0.2, -0.15) is 0 Å². The van der Waals surface area contributed by atoms with E-state index in [2.05, 4.69) is 66.2 Å². The maximum Gasteiger partial charge on any atom is 0.313 e. The fraction of sp³-hybridized carbons (Fsp3) is 0.727. The Bertz CT molecular complexity index is 1630. The minimum absolute atomic E-state index is 0.00502. The number of fused-ring (bicyclic) bond motifs is 4. The second-order valence-electron chi connectivity index (χ2n) is 18.0. The van der Waals surface area contributed by atoms with Gasteiger partial charge in [0.2, 0.25) is 10.0 Å². The molecular weight excluding hydrogens is 697 g/mol. The molecule has 0 amide bonds. The molecule has 0 aromatic heterocycles. The molecule has 0 saturated heterocycles. The maximum atomic E-state index is 14.2. The van der Waals surface area contributed by atoms with E-state index in [0.717, 1.165) is 80.0 Å². The van der Waals surface area contributed by atoms with Crippen LogP contribution in [0.1, 0.15) is 144 Å². The Hall–Kier alpha value is -1.68. The third-order valence-electron chi connectivity index (χ3n) is 14.6. The SMILES string of the molecule is CCCCC(CC)C[B]OSCC12CCC(/C(=C\c3ccc(/C=C4/C(=O)C5(CS(=O)(=O)NCC(CC)CCCC)CCC4C5(C)C)cc3)C1=O)C2(C)C. The molecule has 53 heavy (non-hydrogen) atoms. The molecule has 9 heteroatoms. The van der Waals surface area contributed by atoms with E-state index < -0.39 is 26.3 Å². The van der Waals surface area contributed by atoms with Crippen LogP contribution in [-0.4, -0.2) is 45.5 Å². The second kappa shape index (κ2) is 17.2. The summed E-state index contributed by atoms with van der Waals surface area (Å²) < 4.78 is 35.9. The van der Waals surface area contributed by atoms with Crippen molar-refractivity contribution in [3.8, 4) is 0 Å². The van der Waals surface area contributed by atoms with Crippen LogP contribution < -0.4 is 4.72 Å². The standard InChI is InChI=1S/C44H67BNO5S2/c1-9-13-15-31(11-3)27-45-51-52-29-43-23-21-37(41(43,5)6)35(39(43)47)25-33-17-19-34(20-18-33)26-36-38-22-24-44(40(36)48,42(38,7)8)30-53(49,50)46-28-32(12-4)16-14-10-2/h17-20,25-26,31-32,37-38,46H,9-16,21-24,27-30H2,1-8H3/b35-25+,36-26+. The van der Waals surface area contributed by atoms with E-state index in [9.17, 15) is 18.0 Å². The van der Waals surface area contributed by atoms with E-state index in [1.54, 1.807) is 0 Å². The molecule has 4 aliphatic carbocycles. The van der Waals surface area contributed by atoms with Crippen LogP contribution in [0.5, 0.6) is 0 Å². The van der Waals surface area contributed by atoms with Crippen LogP contribution in [0, 0.1) is 45.3 Å². The summed E-state index contributed by atoms with van der Waals surface area (Å²) in [6.45, 7) is 17.9. The average molecular weight is 765 g/mol. The van der Waals surface area contributed by atoms with E-state index in [1.165, 1.54) is 31.3 Å². The number of carbonyl (C=O) groups excluding carboxylic acids is 2. The monoisotopic (exact) mass is 764 g/mol. The van der Waals surface area contributed by atoms with Crippen molar-refractivity contribution < 1.29 is 22.1 Å². The highest BCUT2D eigenvalue weighted by Gasteiger charge is 2.68. The Kier molecular flexibility index (Phi) is 13.8. The van der Waals surface area contributed by atoms with Gasteiger partial charge in [-0.3, -0.25) is 9.59 Å². The average Bonchev–Trinajstić information content (AvgIpc) is 3.64. The van der Waals surface area contributed by atoms with Crippen molar-refractivity contribution in [3.05, 3.63) is 46.5 Å². The number of hydrogen-bond acceptors (Lipinski definition) is 6. The van der Waals surface area contributed by atoms with Crippen LogP contribution >= 0.6 is 12.0 Å². The molecular formula is C44H67BNO5S2. The van der Waals surface area contributed by atoms with Crippen molar-refractivity contribution in [1.29, 1.82) is 0 Å². The van der Waals surface area contributed by atoms with Gasteiger partial charge in [0.05, 0.1) is 16.6 Å². The minimum Gasteiger partial charge on any atom is -0.382 e. The molecule has 0 aliphatic heterocycles. The molecule has 4 aliphatic rings. The zero-order valence-corrected chi connectivity index (χ0v) is 35.7. The number of allylic oxidation sites excluding steroid dienone is 2. The van der Waals surface area contributed by atoms with E-state index >= 15 is 0 Å². The van der Waals surface area contributed by atoms with Crippen molar-refractivity contribution in [1.82, 2.24) is 4.72 Å². The van der Waals surface area contributed by atoms with E-state index in [1.807, 2.05) is 37.8 Å². The lowest BCUT2D eigenvalue weighted by molar-refractivity contribution is -0.125. The molecule has 4 bridgehead atoms. The van der Waals surface area contributed by atoms with Gasteiger partial charge < -0.3 is 4.10 Å². The van der Waals surface area contributed by atoms with E-state index in [0.29, 0.717) is 30.6 Å². The van der Waals surface area contributed by atoms with Gasteiger partial charge in [-0.25, -0.2) is 13.1 Å². The van der Waals surface area contributed by atoms with Gasteiger partial charge in [0.1, 0.15) is 0 Å². The summed E-state index contributed by atoms with van der Waals surface area (Å²) >= 11 is 1.45. The normalized spacial score (nSPS) is 29.8. The topological polar surface area (TPSA) is 89.5 Å². The van der Waals surface area contributed by atoms with Gasteiger partial charge in [-0.15, -0.1) is 0 Å². The van der Waals surface area contributed by atoms with Crippen LogP contribution in [-0.2, 0) is 23.7 Å². The summed E-state index contributed by atoms with van der Waals surface area (Å²) in [5.41, 5.74) is 1.69. The molecule has 4 saturated carbocycles. The van der Waals surface area contributed by atoms with Gasteiger partial charge in [-0.05, 0) is 108 Å². The maximum absolute atomic E-state index is 14.2. The first-order chi connectivity index (χ1) is 25.1. The number of sulfonamides is 1. The number of Topliss-reactive ketones (excluding diaryl/α,β-unsaturated/α-hetero) is 2. The molecule has 1 N–H and O–H groups in total. The molecule has 6 nitrogen and oxygen atoms in total. The number of benzene rings is 1. The Balaban J connectivity index is 1.25. The predicted octanol–water partition coefficient (Wildman–Crippen LogP) is 10.5. The van der Waals surface area contributed by atoms with Gasteiger partial charge in [-0.1, -0.05) is 125 Å². The first-order valence-electron chi connectivity index (χ1n) is 20.8. The second-order valence-corrected chi connectivity index (χ2v) is 20.5. The largest absolute Gasteiger partial charge is 0.382 e. The van der Waals surface area contributed by atoms with Crippen molar-refractivity contribution in [2.45, 2.75) is 139 Å². The number of unbranched alkanes of at least 4 members (excludes halogenated alkanes) is 2. The predicted molar refractivity (Wildman–Crippen MR) is 223 cm³/mol. The Labute approximate surface area is 327 Å². The summed E-state index contributed by atoms with van der Waals surface area (Å²) in [6.07, 6.45) is 17.4. The number of ketones is 2. The molecule has 0 heterocycles. The molecule has 4 fully saturated rings. The van der Waals surface area contributed by atoms with Crippen LogP contribution in [0.25, 0.3) is 12.2 Å². The number of hydrogen-bond donors (Lipinski definition) is 1. The lowest BCUT2D eigenvalue weighted by Crippen LogP contribution is -2.46. The molecule has 293 valence electrons. The zero-order valence-electron chi connectivity index (χ0n) is 34.0. The zero-order chi connectivity index (χ0) is 38.7. The Morgan fingerprint density at radius 3 is 1.83 bits per heavy atom. The molecule has 5 rings (SSSR count). The lowest BCUT2D eigenvalue weighted by atomic mass is 9.70. The summed E-state index contributed by atoms with van der Waals surface area (Å²) in [4.78, 5) is 28.3. The van der Waals surface area contributed by atoms with Gasteiger partial charge in [0, 0.05) is 23.4 Å². The van der Waals surface area contributed by atoms with E-state index in [4.69, 9.17) is 4.10 Å².